The fraction of sp³-hybridized carbons (Fsp3) is 0.0141. The number of hydrogen-bond donors (Lipinski definition) is 0. The Labute approximate surface area is 435 Å². The zero-order valence-electron chi connectivity index (χ0n) is 40.8. The maximum Gasteiger partial charge on any atom is 0.235 e. The summed E-state index contributed by atoms with van der Waals surface area (Å²) in [4.78, 5) is 13.2. The smallest absolute Gasteiger partial charge is 0.235 e. The van der Waals surface area contributed by atoms with Crippen molar-refractivity contribution >= 4 is 38.9 Å². The van der Waals surface area contributed by atoms with Crippen LogP contribution in [0.2, 0.25) is 0 Å². The number of fused-ring (bicyclic) bond motifs is 12. The standard InChI is InChI=1S/C71H46N4/c1-5-21-47(22-6-1)53-41-54(48-23-7-2-8-24-48)43-55(42-53)74-68-36-20-18-34-62(68)71(60-32-16-13-29-56(60)57-30-14-17-33-61(57)71)63-39-37-52(45-69(63)74)51-38-40-67-59(44-51)58-31-15-19-35-66(58)75(67)70-72-64(49-25-9-3-10-26-49)46-65(73-70)50-27-11-4-12-28-50/h1-46H. The highest BCUT2D eigenvalue weighted by molar-refractivity contribution is 6.10. The number of hydrogen-bond acceptors (Lipinski definition) is 3. The molecule has 1 spiro atoms. The van der Waals surface area contributed by atoms with E-state index in [4.69, 9.17) is 9.97 Å². The van der Waals surface area contributed by atoms with E-state index in [1.807, 2.05) is 12.1 Å². The average molecular weight is 955 g/mol. The molecule has 75 heavy (non-hydrogen) atoms. The molecule has 3 heterocycles. The van der Waals surface area contributed by atoms with E-state index < -0.39 is 5.41 Å². The van der Waals surface area contributed by atoms with Crippen molar-refractivity contribution in [2.45, 2.75) is 5.41 Å². The molecule has 0 atom stereocenters. The number of nitrogens with zero attached hydrogens (tertiary/aromatic N) is 4. The van der Waals surface area contributed by atoms with Crippen molar-refractivity contribution in [1.82, 2.24) is 14.5 Å². The van der Waals surface area contributed by atoms with Crippen LogP contribution in [0.4, 0.5) is 17.1 Å². The molecule has 2 aromatic heterocycles. The van der Waals surface area contributed by atoms with Gasteiger partial charge in [0.15, 0.2) is 0 Å². The highest BCUT2D eigenvalue weighted by Crippen LogP contribution is 2.64. The molecule has 13 aromatic rings. The Morgan fingerprint density at radius 1 is 0.280 bits per heavy atom. The molecule has 4 heteroatoms. The molecule has 2 aliphatic rings. The first-order valence-corrected chi connectivity index (χ1v) is 25.7. The van der Waals surface area contributed by atoms with Gasteiger partial charge in [0.2, 0.25) is 5.95 Å². The summed E-state index contributed by atoms with van der Waals surface area (Å²) < 4.78 is 2.24. The summed E-state index contributed by atoms with van der Waals surface area (Å²) in [6, 6.07) is 102. The van der Waals surface area contributed by atoms with Crippen LogP contribution in [0.15, 0.2) is 279 Å². The van der Waals surface area contributed by atoms with Crippen LogP contribution in [0.5, 0.6) is 0 Å². The molecular weight excluding hydrogens is 909 g/mol. The normalized spacial score (nSPS) is 12.9. The van der Waals surface area contributed by atoms with Crippen LogP contribution in [0.3, 0.4) is 0 Å². The molecular formula is C71H46N4. The molecule has 0 radical (unpaired) electrons. The van der Waals surface area contributed by atoms with Gasteiger partial charge in [0.05, 0.1) is 39.2 Å². The SMILES string of the molecule is c1ccc(-c2cc(-c3ccccc3)cc(N3c4ccccc4C4(c5ccccc5-c5ccccc54)c4ccc(-c5ccc6c(c5)c5ccccc5n6-c5nc(-c6ccccc6)cc(-c6ccccc6)n5)cc43)c2)cc1. The Hall–Kier alpha value is -9.90. The second kappa shape index (κ2) is 17.1. The first-order chi connectivity index (χ1) is 37.2. The summed E-state index contributed by atoms with van der Waals surface area (Å²) in [5, 5.41) is 2.28. The molecule has 15 rings (SSSR count). The number of rotatable bonds is 7. The van der Waals surface area contributed by atoms with Gasteiger partial charge in [0.1, 0.15) is 0 Å². The Bertz CT molecular complexity index is 4190. The van der Waals surface area contributed by atoms with Crippen molar-refractivity contribution < 1.29 is 0 Å². The van der Waals surface area contributed by atoms with E-state index in [1.165, 1.54) is 44.5 Å². The third-order valence-corrected chi connectivity index (χ3v) is 15.6. The van der Waals surface area contributed by atoms with Crippen molar-refractivity contribution in [3.63, 3.8) is 0 Å². The lowest BCUT2D eigenvalue weighted by atomic mass is 9.64. The van der Waals surface area contributed by atoms with Crippen LogP contribution in [0.25, 0.3) is 94.8 Å². The van der Waals surface area contributed by atoms with E-state index in [-0.39, 0.29) is 0 Å². The summed E-state index contributed by atoms with van der Waals surface area (Å²) in [6.45, 7) is 0. The second-order valence-corrected chi connectivity index (χ2v) is 19.7. The first kappa shape index (κ1) is 42.8. The van der Waals surface area contributed by atoms with Crippen molar-refractivity contribution in [3.05, 3.63) is 301 Å². The minimum absolute atomic E-state index is 0.572. The molecule has 0 amide bonds. The largest absolute Gasteiger partial charge is 0.310 e. The van der Waals surface area contributed by atoms with Gasteiger partial charge in [-0.05, 0) is 121 Å². The third-order valence-electron chi connectivity index (χ3n) is 15.6. The molecule has 0 N–H and O–H groups in total. The molecule has 1 aliphatic carbocycles. The van der Waals surface area contributed by atoms with Gasteiger partial charge in [-0.15, -0.1) is 0 Å². The predicted molar refractivity (Wildman–Crippen MR) is 309 cm³/mol. The molecule has 0 unspecified atom stereocenters. The van der Waals surface area contributed by atoms with Crippen LogP contribution < -0.4 is 4.90 Å². The van der Waals surface area contributed by atoms with Gasteiger partial charge in [-0.25, -0.2) is 9.97 Å². The van der Waals surface area contributed by atoms with Gasteiger partial charge >= 0.3 is 0 Å². The van der Waals surface area contributed by atoms with Crippen LogP contribution in [-0.4, -0.2) is 14.5 Å². The van der Waals surface area contributed by atoms with Gasteiger partial charge in [0, 0.05) is 27.6 Å². The zero-order chi connectivity index (χ0) is 49.5. The van der Waals surface area contributed by atoms with Crippen molar-refractivity contribution in [1.29, 1.82) is 0 Å². The van der Waals surface area contributed by atoms with E-state index in [0.717, 1.165) is 83.6 Å². The number of anilines is 3. The third kappa shape index (κ3) is 6.70. The molecule has 350 valence electrons. The number of benzene rings is 11. The van der Waals surface area contributed by atoms with Crippen molar-refractivity contribution in [2.24, 2.45) is 0 Å². The Morgan fingerprint density at radius 2 is 0.747 bits per heavy atom. The molecule has 0 fully saturated rings. The average Bonchev–Trinajstić information content (AvgIpc) is 4.21. The van der Waals surface area contributed by atoms with Crippen LogP contribution in [-0.2, 0) is 5.41 Å². The molecule has 0 bridgehead atoms. The summed E-state index contributed by atoms with van der Waals surface area (Å²) in [6.07, 6.45) is 0. The summed E-state index contributed by atoms with van der Waals surface area (Å²) in [5.74, 6) is 0.632. The van der Waals surface area contributed by atoms with E-state index >= 15 is 0 Å². The van der Waals surface area contributed by atoms with E-state index in [2.05, 4.69) is 276 Å². The van der Waals surface area contributed by atoms with Gasteiger partial charge in [-0.1, -0.05) is 224 Å². The Balaban J connectivity index is 0.973. The molecule has 1 aliphatic heterocycles. The summed E-state index contributed by atoms with van der Waals surface area (Å²) >= 11 is 0. The Morgan fingerprint density at radius 3 is 1.36 bits per heavy atom. The van der Waals surface area contributed by atoms with Crippen LogP contribution in [0.1, 0.15) is 22.3 Å². The Kier molecular flexibility index (Phi) is 9.76. The lowest BCUT2D eigenvalue weighted by Crippen LogP contribution is -2.36. The topological polar surface area (TPSA) is 34.0 Å². The first-order valence-electron chi connectivity index (χ1n) is 25.7. The van der Waals surface area contributed by atoms with Gasteiger partial charge in [-0.2, -0.15) is 0 Å². The maximum atomic E-state index is 5.32. The molecule has 4 nitrogen and oxygen atoms in total. The van der Waals surface area contributed by atoms with E-state index in [9.17, 15) is 0 Å². The van der Waals surface area contributed by atoms with Gasteiger partial charge in [-0.3, -0.25) is 4.57 Å². The highest BCUT2D eigenvalue weighted by Gasteiger charge is 2.51. The molecule has 11 aromatic carbocycles. The highest BCUT2D eigenvalue weighted by atomic mass is 15.2. The van der Waals surface area contributed by atoms with Gasteiger partial charge < -0.3 is 4.90 Å². The number of aromatic nitrogens is 3. The molecule has 0 saturated carbocycles. The van der Waals surface area contributed by atoms with Crippen molar-refractivity contribution in [2.75, 3.05) is 4.90 Å². The monoisotopic (exact) mass is 954 g/mol. The number of para-hydroxylation sites is 2. The minimum atomic E-state index is -0.572. The summed E-state index contributed by atoms with van der Waals surface area (Å²) in [5.41, 5.74) is 23.3. The van der Waals surface area contributed by atoms with Crippen molar-refractivity contribution in [3.8, 4) is 73.0 Å². The van der Waals surface area contributed by atoms with E-state index in [1.54, 1.807) is 0 Å². The van der Waals surface area contributed by atoms with Crippen LogP contribution in [0, 0.1) is 0 Å². The fourth-order valence-corrected chi connectivity index (χ4v) is 12.3. The second-order valence-electron chi connectivity index (χ2n) is 19.7. The quantitative estimate of drug-likeness (QED) is 0.160. The van der Waals surface area contributed by atoms with Crippen LogP contribution >= 0.6 is 0 Å². The lowest BCUT2D eigenvalue weighted by Gasteiger charge is -2.45. The van der Waals surface area contributed by atoms with Gasteiger partial charge in [0.25, 0.3) is 0 Å². The summed E-state index contributed by atoms with van der Waals surface area (Å²) in [7, 11) is 0. The lowest BCUT2D eigenvalue weighted by molar-refractivity contribution is 0.753. The predicted octanol–water partition coefficient (Wildman–Crippen LogP) is 18.1. The molecule has 0 saturated heterocycles. The van der Waals surface area contributed by atoms with E-state index in [0.29, 0.717) is 5.95 Å². The fourth-order valence-electron chi connectivity index (χ4n) is 12.3. The zero-order valence-corrected chi connectivity index (χ0v) is 40.8. The maximum absolute atomic E-state index is 5.32. The minimum Gasteiger partial charge on any atom is -0.310 e.